The molecule has 6 N–H and O–H groups in total. The van der Waals surface area contributed by atoms with Crippen LogP contribution in [0.4, 0.5) is 15.3 Å². The molecule has 0 unspecified atom stereocenters. The number of carbonyl (C=O) groups is 5. The Morgan fingerprint density at radius 3 is 2.02 bits per heavy atom. The third-order valence-electron chi connectivity index (χ3n) is 8.95. The molecular formula is C41H54N6O7. The van der Waals surface area contributed by atoms with E-state index < -0.39 is 24.1 Å². The highest BCUT2D eigenvalue weighted by atomic mass is 16.6. The molecule has 2 atom stereocenters. The van der Waals surface area contributed by atoms with Gasteiger partial charge in [0.15, 0.2) is 0 Å². The van der Waals surface area contributed by atoms with Gasteiger partial charge in [0.1, 0.15) is 25.5 Å². The number of hydrazine groups is 2. The standard InChI is InChI=1S/C41H54N6O7/c1-27(2)22-31(24-48)45-44-30-19-17-29(18-20-30)25-53-41(52)43-37(23-28(3)4)39(50)47-46-38(49)16-6-5-11-21-42-40(51)54-26-36-34-14-9-7-12-32(34)33-13-8-10-15-35(33)36/h7-10,12-15,17-20,24,27-28,31,36-37,44-45H,5-6,11,16,21-23,25-26H2,1-4H3,(H,42,51)(H,43,52)(H,46,49)(H,47,50)/t31-,37+/m0/s1. The van der Waals surface area contributed by atoms with Gasteiger partial charge in [-0.15, -0.1) is 0 Å². The first-order chi connectivity index (χ1) is 26.0. The minimum absolute atomic E-state index is 0.00669. The van der Waals surface area contributed by atoms with Crippen molar-refractivity contribution in [1.29, 1.82) is 0 Å². The summed E-state index contributed by atoms with van der Waals surface area (Å²) in [6.07, 6.45) is 2.74. The average molecular weight is 743 g/mol. The molecule has 4 amide bonds. The van der Waals surface area contributed by atoms with Gasteiger partial charge in [0, 0.05) is 24.6 Å². The van der Waals surface area contributed by atoms with Crippen LogP contribution in [-0.2, 0) is 30.5 Å². The van der Waals surface area contributed by atoms with Gasteiger partial charge in [0.05, 0.1) is 6.04 Å². The summed E-state index contributed by atoms with van der Waals surface area (Å²) in [6, 6.07) is 22.3. The Bertz CT molecular complexity index is 1650. The van der Waals surface area contributed by atoms with Gasteiger partial charge in [-0.1, -0.05) is 94.8 Å². The number of anilines is 1. The maximum atomic E-state index is 12.9. The van der Waals surface area contributed by atoms with Gasteiger partial charge in [0.25, 0.3) is 5.91 Å². The van der Waals surface area contributed by atoms with E-state index in [1.165, 1.54) is 11.1 Å². The zero-order chi connectivity index (χ0) is 38.9. The average Bonchev–Trinajstić information content (AvgIpc) is 3.48. The second kappa shape index (κ2) is 21.3. The third-order valence-corrected chi connectivity index (χ3v) is 8.95. The molecule has 0 fully saturated rings. The summed E-state index contributed by atoms with van der Waals surface area (Å²) in [7, 11) is 0. The number of alkyl carbamates (subject to hydrolysis) is 2. The van der Waals surface area contributed by atoms with Crippen molar-refractivity contribution >= 4 is 36.0 Å². The molecule has 0 spiro atoms. The van der Waals surface area contributed by atoms with Crippen LogP contribution in [0.25, 0.3) is 11.1 Å². The number of benzene rings is 3. The number of fused-ring (bicyclic) bond motifs is 3. The van der Waals surface area contributed by atoms with Crippen LogP contribution in [0.2, 0.25) is 0 Å². The first kappa shape index (κ1) is 41.3. The van der Waals surface area contributed by atoms with Gasteiger partial charge < -0.3 is 30.3 Å². The van der Waals surface area contributed by atoms with Crippen molar-refractivity contribution in [2.45, 2.75) is 90.8 Å². The number of unbranched alkanes of at least 4 members (excludes halogenated alkanes) is 2. The molecule has 13 nitrogen and oxygen atoms in total. The second-order valence-corrected chi connectivity index (χ2v) is 14.3. The Hall–Kier alpha value is -5.43. The Morgan fingerprint density at radius 1 is 0.741 bits per heavy atom. The maximum Gasteiger partial charge on any atom is 0.408 e. The summed E-state index contributed by atoms with van der Waals surface area (Å²) in [5.41, 5.74) is 17.0. The number of hydrogen-bond donors (Lipinski definition) is 6. The number of nitrogens with one attached hydrogen (secondary N) is 6. The number of rotatable bonds is 20. The summed E-state index contributed by atoms with van der Waals surface area (Å²) < 4.78 is 10.9. The number of ether oxygens (including phenoxy) is 2. The summed E-state index contributed by atoms with van der Waals surface area (Å²) in [5, 5.41) is 5.38. The molecule has 3 aromatic rings. The molecule has 13 heteroatoms. The van der Waals surface area contributed by atoms with Crippen LogP contribution in [-0.4, -0.2) is 55.5 Å². The molecule has 0 bridgehead atoms. The molecule has 0 heterocycles. The highest BCUT2D eigenvalue weighted by molar-refractivity contribution is 5.87. The van der Waals surface area contributed by atoms with E-state index in [2.05, 4.69) is 56.6 Å². The minimum atomic E-state index is -0.920. The van der Waals surface area contributed by atoms with Crippen LogP contribution in [0, 0.1) is 11.8 Å². The lowest BCUT2D eigenvalue weighted by Gasteiger charge is -2.20. The Labute approximate surface area is 317 Å². The number of carbonyl (C=O) groups excluding carboxylic acids is 5. The highest BCUT2D eigenvalue weighted by Crippen LogP contribution is 2.44. The number of aldehydes is 1. The van der Waals surface area contributed by atoms with Crippen LogP contribution in [0.15, 0.2) is 72.8 Å². The smallest absolute Gasteiger partial charge is 0.408 e. The fourth-order valence-corrected chi connectivity index (χ4v) is 6.26. The largest absolute Gasteiger partial charge is 0.449 e. The molecule has 3 aromatic carbocycles. The Morgan fingerprint density at radius 2 is 1.39 bits per heavy atom. The molecule has 0 aromatic heterocycles. The first-order valence-corrected chi connectivity index (χ1v) is 18.7. The molecule has 0 radical (unpaired) electrons. The lowest BCUT2D eigenvalue weighted by Crippen LogP contribution is -2.52. The molecule has 1 aliphatic carbocycles. The lowest BCUT2D eigenvalue weighted by atomic mass is 9.98. The summed E-state index contributed by atoms with van der Waals surface area (Å²) in [5.74, 6) is -0.489. The van der Waals surface area contributed by atoms with Crippen molar-refractivity contribution in [3.05, 3.63) is 89.5 Å². The summed E-state index contributed by atoms with van der Waals surface area (Å²) in [4.78, 5) is 61.5. The second-order valence-electron chi connectivity index (χ2n) is 14.3. The fraction of sp³-hybridized carbons (Fsp3) is 0.439. The maximum absolute atomic E-state index is 12.9. The monoisotopic (exact) mass is 742 g/mol. The van der Waals surface area contributed by atoms with Gasteiger partial charge in [-0.05, 0) is 77.5 Å². The van der Waals surface area contributed by atoms with Crippen molar-refractivity contribution in [1.82, 2.24) is 26.9 Å². The van der Waals surface area contributed by atoms with Crippen molar-refractivity contribution in [3.8, 4) is 11.1 Å². The first-order valence-electron chi connectivity index (χ1n) is 18.7. The predicted molar refractivity (Wildman–Crippen MR) is 207 cm³/mol. The molecule has 1 aliphatic rings. The molecule has 4 rings (SSSR count). The van der Waals surface area contributed by atoms with Crippen molar-refractivity contribution in [3.63, 3.8) is 0 Å². The third kappa shape index (κ3) is 13.2. The molecule has 290 valence electrons. The van der Waals surface area contributed by atoms with Crippen molar-refractivity contribution in [2.24, 2.45) is 11.8 Å². The van der Waals surface area contributed by atoms with Crippen LogP contribution in [0.5, 0.6) is 0 Å². The lowest BCUT2D eigenvalue weighted by molar-refractivity contribution is -0.130. The molecular weight excluding hydrogens is 688 g/mol. The van der Waals surface area contributed by atoms with Crippen LogP contribution in [0.1, 0.15) is 88.8 Å². The van der Waals surface area contributed by atoms with Gasteiger partial charge in [-0.25, -0.2) is 15.0 Å². The number of hydrogen-bond acceptors (Lipinski definition) is 9. The molecule has 54 heavy (non-hydrogen) atoms. The minimum Gasteiger partial charge on any atom is -0.449 e. The zero-order valence-corrected chi connectivity index (χ0v) is 31.6. The van der Waals surface area contributed by atoms with E-state index in [4.69, 9.17) is 9.47 Å². The van der Waals surface area contributed by atoms with Crippen LogP contribution < -0.4 is 32.3 Å². The van der Waals surface area contributed by atoms with E-state index >= 15 is 0 Å². The normalized spacial score (nSPS) is 12.9. The number of amides is 4. The predicted octanol–water partition coefficient (Wildman–Crippen LogP) is 6.10. The van der Waals surface area contributed by atoms with E-state index in [1.54, 1.807) is 24.3 Å². The summed E-state index contributed by atoms with van der Waals surface area (Å²) >= 11 is 0. The van der Waals surface area contributed by atoms with E-state index in [-0.39, 0.29) is 43.4 Å². The van der Waals surface area contributed by atoms with Crippen molar-refractivity contribution in [2.75, 3.05) is 18.6 Å². The summed E-state index contributed by atoms with van der Waals surface area (Å²) in [6.45, 7) is 8.56. The highest BCUT2D eigenvalue weighted by Gasteiger charge is 2.29. The van der Waals surface area contributed by atoms with E-state index in [0.29, 0.717) is 44.6 Å². The Kier molecular flexibility index (Phi) is 16.3. The van der Waals surface area contributed by atoms with E-state index in [1.807, 2.05) is 52.0 Å². The Balaban J connectivity index is 1.08. The zero-order valence-electron chi connectivity index (χ0n) is 31.6. The fourth-order valence-electron chi connectivity index (χ4n) is 6.26. The SMILES string of the molecule is CC(C)C[C@@H](C=O)NNc1ccc(COC(=O)N[C@H](CC(C)C)C(=O)NNC(=O)CCCCCNC(=O)OCC2c3ccccc3-c3ccccc32)cc1. The van der Waals surface area contributed by atoms with Crippen LogP contribution in [0.3, 0.4) is 0 Å². The molecule has 0 aliphatic heterocycles. The van der Waals surface area contributed by atoms with Gasteiger partial charge in [0.2, 0.25) is 5.91 Å². The van der Waals surface area contributed by atoms with Crippen molar-refractivity contribution < 1.29 is 33.4 Å². The molecule has 0 saturated carbocycles. The van der Waals surface area contributed by atoms with Gasteiger partial charge in [-0.2, -0.15) is 0 Å². The van der Waals surface area contributed by atoms with Gasteiger partial charge in [-0.3, -0.25) is 20.4 Å². The quantitative estimate of drug-likeness (QED) is 0.0454. The van der Waals surface area contributed by atoms with Crippen LogP contribution >= 0.6 is 0 Å². The topological polar surface area (TPSA) is 176 Å². The molecule has 0 saturated heterocycles. The van der Waals surface area contributed by atoms with E-state index in [9.17, 15) is 24.0 Å². The van der Waals surface area contributed by atoms with Gasteiger partial charge >= 0.3 is 12.2 Å². The van der Waals surface area contributed by atoms with E-state index in [0.717, 1.165) is 28.7 Å².